The minimum atomic E-state index is -3.11. The number of hydrogen-bond donors (Lipinski definition) is 2. The van der Waals surface area contributed by atoms with Crippen LogP contribution < -0.4 is 10.0 Å². The average Bonchev–Trinajstić information content (AvgIpc) is 2.32. The van der Waals surface area contributed by atoms with Crippen molar-refractivity contribution in [1.82, 2.24) is 10.0 Å². The molecule has 0 bridgehead atoms. The van der Waals surface area contributed by atoms with Crippen LogP contribution >= 0.6 is 0 Å². The first-order valence-corrected chi connectivity index (χ1v) is 6.08. The van der Waals surface area contributed by atoms with Gasteiger partial charge >= 0.3 is 0 Å². The van der Waals surface area contributed by atoms with Crippen molar-refractivity contribution >= 4 is 10.0 Å². The Morgan fingerprint density at radius 2 is 2.38 bits per heavy atom. The third-order valence-corrected chi connectivity index (χ3v) is 3.31. The summed E-state index contributed by atoms with van der Waals surface area (Å²) in [4.78, 5) is 0. The molecule has 78 valence electrons. The van der Waals surface area contributed by atoms with Gasteiger partial charge in [0.25, 0.3) is 0 Å². The van der Waals surface area contributed by atoms with Crippen LogP contribution in [0.25, 0.3) is 0 Å². The van der Waals surface area contributed by atoms with Crippen LogP contribution in [0.4, 0.5) is 0 Å². The molecule has 6 heteroatoms. The third-order valence-electron chi connectivity index (χ3n) is 1.86. The van der Waals surface area contributed by atoms with Crippen LogP contribution in [0.2, 0.25) is 0 Å². The van der Waals surface area contributed by atoms with E-state index in [0.29, 0.717) is 19.8 Å². The first-order chi connectivity index (χ1) is 6.14. The number of rotatable bonds is 3. The zero-order valence-electron chi connectivity index (χ0n) is 7.75. The second kappa shape index (κ2) is 4.90. The smallest absolute Gasteiger partial charge is 0.211 e. The Labute approximate surface area is 78.9 Å². The van der Waals surface area contributed by atoms with E-state index in [1.54, 1.807) is 6.92 Å². The van der Waals surface area contributed by atoms with Crippen molar-refractivity contribution in [2.24, 2.45) is 0 Å². The summed E-state index contributed by atoms with van der Waals surface area (Å²) in [5, 5.41) is 3.09. The Kier molecular flexibility index (Phi) is 4.11. The fourth-order valence-corrected chi connectivity index (χ4v) is 1.94. The molecule has 1 aliphatic rings. The monoisotopic (exact) mass is 208 g/mol. The predicted octanol–water partition coefficient (Wildman–Crippen LogP) is -1.09. The molecule has 13 heavy (non-hydrogen) atoms. The second-order valence-corrected chi connectivity index (χ2v) is 5.04. The number of ether oxygens (including phenoxy) is 1. The molecule has 0 amide bonds. The largest absolute Gasteiger partial charge is 0.378 e. The van der Waals surface area contributed by atoms with E-state index in [2.05, 4.69) is 10.0 Å². The molecule has 1 fully saturated rings. The molecule has 0 saturated carbocycles. The van der Waals surface area contributed by atoms with Gasteiger partial charge in [0.05, 0.1) is 25.0 Å². The minimum Gasteiger partial charge on any atom is -0.378 e. The van der Waals surface area contributed by atoms with Gasteiger partial charge in [0, 0.05) is 13.1 Å². The molecule has 1 heterocycles. The van der Waals surface area contributed by atoms with E-state index in [-0.39, 0.29) is 11.8 Å². The molecule has 0 aromatic heterocycles. The summed E-state index contributed by atoms with van der Waals surface area (Å²) < 4.78 is 30.1. The Morgan fingerprint density at radius 1 is 1.62 bits per heavy atom. The first-order valence-electron chi connectivity index (χ1n) is 4.42. The summed E-state index contributed by atoms with van der Waals surface area (Å²) in [5.74, 6) is 0.115. The molecule has 0 aromatic rings. The van der Waals surface area contributed by atoms with Crippen molar-refractivity contribution in [3.05, 3.63) is 0 Å². The third kappa shape index (κ3) is 4.04. The zero-order valence-corrected chi connectivity index (χ0v) is 8.56. The van der Waals surface area contributed by atoms with Crippen LogP contribution in [0.3, 0.4) is 0 Å². The Hall–Kier alpha value is -0.170. The van der Waals surface area contributed by atoms with Gasteiger partial charge < -0.3 is 10.1 Å². The van der Waals surface area contributed by atoms with E-state index in [0.717, 1.165) is 6.54 Å². The molecule has 1 saturated heterocycles. The Bertz CT molecular complexity index is 232. The summed E-state index contributed by atoms with van der Waals surface area (Å²) in [7, 11) is -3.11. The van der Waals surface area contributed by atoms with Gasteiger partial charge in [-0.3, -0.25) is 0 Å². The van der Waals surface area contributed by atoms with Crippen LogP contribution in [0.1, 0.15) is 6.92 Å². The van der Waals surface area contributed by atoms with E-state index >= 15 is 0 Å². The molecule has 0 aromatic carbocycles. The highest BCUT2D eigenvalue weighted by molar-refractivity contribution is 7.89. The summed E-state index contributed by atoms with van der Waals surface area (Å²) in [6, 6.07) is -0.132. The highest BCUT2D eigenvalue weighted by atomic mass is 32.2. The Morgan fingerprint density at radius 3 is 3.08 bits per heavy atom. The first kappa shape index (κ1) is 10.9. The highest BCUT2D eigenvalue weighted by Gasteiger charge is 2.17. The van der Waals surface area contributed by atoms with Crippen molar-refractivity contribution in [2.45, 2.75) is 13.0 Å². The molecule has 5 nitrogen and oxygen atoms in total. The molecule has 1 atom stereocenters. The number of sulfonamides is 1. The fraction of sp³-hybridized carbons (Fsp3) is 1.00. The van der Waals surface area contributed by atoms with Gasteiger partial charge in [-0.05, 0) is 6.92 Å². The Balaban J connectivity index is 2.42. The van der Waals surface area contributed by atoms with Gasteiger partial charge in [0.15, 0.2) is 0 Å². The van der Waals surface area contributed by atoms with Gasteiger partial charge in [-0.2, -0.15) is 0 Å². The molecular formula is C7H16N2O3S. The normalized spacial score (nSPS) is 25.5. The lowest BCUT2D eigenvalue weighted by Crippen LogP contribution is -2.43. The van der Waals surface area contributed by atoms with E-state index in [1.165, 1.54) is 0 Å². The number of hydrogen-bond acceptors (Lipinski definition) is 4. The molecule has 1 rings (SSSR count). The van der Waals surface area contributed by atoms with Gasteiger partial charge in [0.2, 0.25) is 10.0 Å². The van der Waals surface area contributed by atoms with E-state index in [9.17, 15) is 8.42 Å². The number of nitrogens with one attached hydrogen (secondary N) is 2. The summed E-state index contributed by atoms with van der Waals surface area (Å²) >= 11 is 0. The minimum absolute atomic E-state index is 0.115. The second-order valence-electron chi connectivity index (χ2n) is 3.00. The van der Waals surface area contributed by atoms with E-state index < -0.39 is 10.0 Å². The van der Waals surface area contributed by atoms with Crippen molar-refractivity contribution in [2.75, 3.05) is 32.1 Å². The van der Waals surface area contributed by atoms with Crippen LogP contribution in [0, 0.1) is 0 Å². The molecule has 0 aliphatic carbocycles. The van der Waals surface area contributed by atoms with Crippen molar-refractivity contribution in [1.29, 1.82) is 0 Å². The maximum absolute atomic E-state index is 11.2. The molecule has 0 spiro atoms. The molecule has 0 radical (unpaired) electrons. The molecular weight excluding hydrogens is 192 g/mol. The lowest BCUT2D eigenvalue weighted by molar-refractivity contribution is 0.139. The van der Waals surface area contributed by atoms with Crippen LogP contribution in [0.5, 0.6) is 0 Å². The van der Waals surface area contributed by atoms with Crippen molar-refractivity contribution < 1.29 is 13.2 Å². The van der Waals surface area contributed by atoms with Gasteiger partial charge in [-0.15, -0.1) is 0 Å². The highest BCUT2D eigenvalue weighted by Crippen LogP contribution is 1.93. The summed E-state index contributed by atoms with van der Waals surface area (Å²) in [5.41, 5.74) is 0. The average molecular weight is 208 g/mol. The topological polar surface area (TPSA) is 67.4 Å². The quantitative estimate of drug-likeness (QED) is 0.619. The maximum atomic E-state index is 11.2. The van der Waals surface area contributed by atoms with Gasteiger partial charge in [-0.1, -0.05) is 0 Å². The molecule has 2 N–H and O–H groups in total. The van der Waals surface area contributed by atoms with E-state index in [1.807, 2.05) is 0 Å². The lowest BCUT2D eigenvalue weighted by atomic mass is 10.3. The van der Waals surface area contributed by atoms with Crippen LogP contribution in [0.15, 0.2) is 0 Å². The van der Waals surface area contributed by atoms with Crippen LogP contribution in [-0.4, -0.2) is 46.5 Å². The zero-order chi connectivity index (χ0) is 9.73. The lowest BCUT2D eigenvalue weighted by Gasteiger charge is -2.14. The standard InChI is InChI=1S/C7H16N2O3S/c1-2-13(10,11)9-7-5-8-3-4-12-6-7/h7-9H,2-6H2,1H3. The summed E-state index contributed by atoms with van der Waals surface area (Å²) in [6.07, 6.45) is 0. The van der Waals surface area contributed by atoms with Crippen molar-refractivity contribution in [3.63, 3.8) is 0 Å². The van der Waals surface area contributed by atoms with Gasteiger partial charge in [0.1, 0.15) is 0 Å². The summed E-state index contributed by atoms with van der Waals surface area (Å²) in [6.45, 7) is 4.13. The van der Waals surface area contributed by atoms with Gasteiger partial charge in [-0.25, -0.2) is 13.1 Å². The molecule has 1 unspecified atom stereocenters. The van der Waals surface area contributed by atoms with E-state index in [4.69, 9.17) is 4.74 Å². The molecule has 1 aliphatic heterocycles. The SMILES string of the molecule is CCS(=O)(=O)NC1CNCCOC1. The maximum Gasteiger partial charge on any atom is 0.211 e. The fourth-order valence-electron chi connectivity index (χ4n) is 1.12. The predicted molar refractivity (Wildman–Crippen MR) is 50.1 cm³/mol. The van der Waals surface area contributed by atoms with Crippen molar-refractivity contribution in [3.8, 4) is 0 Å². The van der Waals surface area contributed by atoms with Crippen LogP contribution in [-0.2, 0) is 14.8 Å².